The summed E-state index contributed by atoms with van der Waals surface area (Å²) in [5, 5.41) is 38.5. The molecule has 0 radical (unpaired) electrons. The first-order valence-electron chi connectivity index (χ1n) is 21.0. The first-order chi connectivity index (χ1) is 30.5. The smallest absolute Gasteiger partial charge is 0.417 e. The molecule has 63 heavy (non-hydrogen) atoms. The largest absolute Gasteiger partial charge is 0.497 e. The molecule has 2 amide bonds. The number of nitrogens with zero attached hydrogens (tertiary/aromatic N) is 3. The third-order valence-corrected chi connectivity index (χ3v) is 12.0. The zero-order valence-electron chi connectivity index (χ0n) is 36.0. The van der Waals surface area contributed by atoms with E-state index >= 15 is 0 Å². The fourth-order valence-electron chi connectivity index (χ4n) is 9.11. The number of oxime groups is 1. The second-order valence-electron chi connectivity index (χ2n) is 15.6. The maximum Gasteiger partial charge on any atom is 0.417 e. The average molecular weight is 873 g/mol. The fourth-order valence-corrected chi connectivity index (χ4v) is 9.11. The monoisotopic (exact) mass is 872 g/mol. The number of rotatable bonds is 20. The van der Waals surface area contributed by atoms with Gasteiger partial charge in [0.1, 0.15) is 35.6 Å². The summed E-state index contributed by atoms with van der Waals surface area (Å²) in [5.41, 5.74) is 3.05. The van der Waals surface area contributed by atoms with Crippen molar-refractivity contribution in [3.8, 4) is 23.0 Å². The number of nitro benzene ring substituents is 1. The van der Waals surface area contributed by atoms with Crippen molar-refractivity contribution in [2.24, 2.45) is 22.9 Å². The number of nitrogens with one attached hydrogen (secondary N) is 1. The molecule has 0 aromatic heterocycles. The molecule has 3 aromatic rings. The van der Waals surface area contributed by atoms with Crippen molar-refractivity contribution in [2.45, 2.75) is 69.3 Å². The molecule has 3 N–H and O–H groups in total. The Hall–Kier alpha value is -6.17. The standard InChI is InChI=1S/C46H56N4O13/c1-6-23-60-46-41(49(2)45(54)59-5)27-38(48-61-28-29-13-15-31(16-14-29)50(55)56)35-24-30(11-7-9-21-51)34(12-8-10-22-52)42(43(35)46)36-25-33(18-20-39(36)63-46)62-44(53)47-37-19-17-32(57-3)26-40(37)58-4/h6,13-20,24-26,30,34,41-43,51-52H,1,7-12,21-23,27-28H2,2-5H3,(H,47,53)/t30-,34+,41-,42+,43+,46+/m0/s1. The molecule has 338 valence electrons. The minimum absolute atomic E-state index is 0.00664. The molecule has 6 atom stereocenters. The lowest BCUT2D eigenvalue weighted by atomic mass is 9.55. The van der Waals surface area contributed by atoms with Crippen molar-refractivity contribution in [3.05, 3.63) is 106 Å². The summed E-state index contributed by atoms with van der Waals surface area (Å²) in [6, 6.07) is 15.3. The SMILES string of the molecule is C=CCO[C@@]12Oc3ccc(OC(=O)Nc4ccc(OC)cc4OC)cc3[C@H]3[C@H](CCCCO)[C@@H](CCCCO)C=C(C(=NOCc4ccc([N+](=O)[O-])cc4)C[C@@H]1N(C)C(=O)OC)[C@H]32. The van der Waals surface area contributed by atoms with Gasteiger partial charge in [-0.25, -0.2) is 9.59 Å². The molecule has 6 rings (SSSR count). The van der Waals surface area contributed by atoms with Crippen LogP contribution in [-0.2, 0) is 20.9 Å². The molecule has 0 bridgehead atoms. The third-order valence-electron chi connectivity index (χ3n) is 12.0. The Morgan fingerprint density at radius 2 is 1.73 bits per heavy atom. The molecule has 0 unspecified atom stereocenters. The van der Waals surface area contributed by atoms with Crippen LogP contribution in [0.2, 0.25) is 0 Å². The number of carbonyl (C=O) groups is 2. The highest BCUT2D eigenvalue weighted by molar-refractivity contribution is 6.03. The normalized spacial score (nSPS) is 22.6. The van der Waals surface area contributed by atoms with Gasteiger partial charge in [-0.2, -0.15) is 0 Å². The van der Waals surface area contributed by atoms with Gasteiger partial charge < -0.3 is 48.4 Å². The Balaban J connectivity index is 1.49. The van der Waals surface area contributed by atoms with Crippen LogP contribution in [0, 0.1) is 27.9 Å². The van der Waals surface area contributed by atoms with E-state index in [2.05, 4.69) is 18.0 Å². The van der Waals surface area contributed by atoms with Crippen molar-refractivity contribution >= 4 is 29.3 Å². The Morgan fingerprint density at radius 3 is 2.40 bits per heavy atom. The number of likely N-dealkylation sites (N-methyl/N-ethyl adjacent to an activating group) is 1. The van der Waals surface area contributed by atoms with Crippen LogP contribution < -0.4 is 24.3 Å². The molecule has 17 heteroatoms. The van der Waals surface area contributed by atoms with E-state index in [0.29, 0.717) is 59.9 Å². The van der Waals surface area contributed by atoms with E-state index in [1.54, 1.807) is 61.7 Å². The molecule has 1 aliphatic heterocycles. The highest BCUT2D eigenvalue weighted by atomic mass is 16.7. The number of carbonyl (C=O) groups excluding carboxylic acids is 2. The number of benzene rings is 3. The molecule has 2 aliphatic carbocycles. The van der Waals surface area contributed by atoms with E-state index in [-0.39, 0.29) is 56.1 Å². The summed E-state index contributed by atoms with van der Waals surface area (Å²) in [7, 11) is 5.92. The van der Waals surface area contributed by atoms with Gasteiger partial charge >= 0.3 is 12.2 Å². The number of anilines is 1. The van der Waals surface area contributed by atoms with Crippen LogP contribution in [0.25, 0.3) is 0 Å². The van der Waals surface area contributed by atoms with Crippen LogP contribution in [0.4, 0.5) is 21.0 Å². The van der Waals surface area contributed by atoms with E-state index in [0.717, 1.165) is 24.0 Å². The average Bonchev–Trinajstić information content (AvgIpc) is 3.29. The molecule has 0 spiro atoms. The Morgan fingerprint density at radius 1 is 1.00 bits per heavy atom. The number of ether oxygens (including phenoxy) is 6. The zero-order chi connectivity index (χ0) is 45.1. The van der Waals surface area contributed by atoms with Crippen LogP contribution in [0.5, 0.6) is 23.0 Å². The zero-order valence-corrected chi connectivity index (χ0v) is 36.0. The summed E-state index contributed by atoms with van der Waals surface area (Å²) in [4.78, 5) is 45.2. The first kappa shape index (κ1) is 46.3. The van der Waals surface area contributed by atoms with Gasteiger partial charge in [-0.3, -0.25) is 15.4 Å². The van der Waals surface area contributed by atoms with Crippen molar-refractivity contribution in [2.75, 3.05) is 53.5 Å². The van der Waals surface area contributed by atoms with Gasteiger partial charge in [-0.05, 0) is 91.1 Å². The molecule has 1 heterocycles. The van der Waals surface area contributed by atoms with Crippen molar-refractivity contribution in [1.29, 1.82) is 0 Å². The van der Waals surface area contributed by atoms with Crippen molar-refractivity contribution in [3.63, 3.8) is 0 Å². The van der Waals surface area contributed by atoms with Crippen LogP contribution >= 0.6 is 0 Å². The summed E-state index contributed by atoms with van der Waals surface area (Å²) >= 11 is 0. The number of amides is 2. The Bertz CT molecular complexity index is 2160. The number of aliphatic hydroxyl groups excluding tert-OH is 2. The van der Waals surface area contributed by atoms with E-state index in [1.807, 2.05) is 0 Å². The van der Waals surface area contributed by atoms with E-state index in [9.17, 15) is 29.9 Å². The highest BCUT2D eigenvalue weighted by Crippen LogP contribution is 2.62. The number of hydrogen-bond acceptors (Lipinski definition) is 14. The van der Waals surface area contributed by atoms with Gasteiger partial charge in [-0.1, -0.05) is 30.1 Å². The highest BCUT2D eigenvalue weighted by Gasteiger charge is 2.65. The fraction of sp³-hybridized carbons (Fsp3) is 0.457. The maximum absolute atomic E-state index is 13.5. The predicted octanol–water partition coefficient (Wildman–Crippen LogP) is 7.75. The van der Waals surface area contributed by atoms with Crippen LogP contribution in [0.3, 0.4) is 0 Å². The van der Waals surface area contributed by atoms with Gasteiger partial charge in [0.05, 0.1) is 50.2 Å². The van der Waals surface area contributed by atoms with Gasteiger partial charge in [0.25, 0.3) is 5.69 Å². The minimum Gasteiger partial charge on any atom is -0.497 e. The number of fused-ring (bicyclic) bond motifs is 2. The minimum atomic E-state index is -1.52. The number of aliphatic hydroxyl groups is 2. The van der Waals surface area contributed by atoms with Gasteiger partial charge in [0.2, 0.25) is 5.79 Å². The number of unbranched alkanes of at least 4 members (excludes halogenated alkanes) is 2. The van der Waals surface area contributed by atoms with Crippen molar-refractivity contribution in [1.82, 2.24) is 4.90 Å². The summed E-state index contributed by atoms with van der Waals surface area (Å²) in [5.74, 6) is -1.06. The van der Waals surface area contributed by atoms with Gasteiger partial charge in [-0.15, -0.1) is 6.58 Å². The number of non-ortho nitro benzene ring substituents is 1. The topological polar surface area (TPSA) is 210 Å². The number of nitro groups is 1. The van der Waals surface area contributed by atoms with Crippen LogP contribution in [0.15, 0.2) is 90.1 Å². The number of hydrogen-bond donors (Lipinski definition) is 3. The van der Waals surface area contributed by atoms with Gasteiger partial charge in [0, 0.05) is 56.4 Å². The quantitative estimate of drug-likeness (QED) is 0.0430. The second kappa shape index (κ2) is 21.3. The molecule has 1 fully saturated rings. The second-order valence-corrected chi connectivity index (χ2v) is 15.6. The van der Waals surface area contributed by atoms with Crippen molar-refractivity contribution < 1.29 is 58.0 Å². The number of allylic oxidation sites excluding steroid dienone is 1. The molecule has 3 aliphatic rings. The molecular formula is C46H56N4O13. The van der Waals surface area contributed by atoms with Crippen LogP contribution in [0.1, 0.15) is 62.0 Å². The Kier molecular flexibility index (Phi) is 15.6. The van der Waals surface area contributed by atoms with Crippen LogP contribution in [-0.4, -0.2) is 98.0 Å². The van der Waals surface area contributed by atoms with E-state index < -0.39 is 40.8 Å². The molecular weight excluding hydrogens is 817 g/mol. The summed E-state index contributed by atoms with van der Waals surface area (Å²) < 4.78 is 35.9. The molecule has 0 saturated heterocycles. The summed E-state index contributed by atoms with van der Waals surface area (Å²) in [6.07, 6.45) is 6.56. The lowest BCUT2D eigenvalue weighted by Crippen LogP contribution is -2.69. The lowest BCUT2D eigenvalue weighted by Gasteiger charge is -2.59. The Labute approximate surface area is 366 Å². The molecule has 1 saturated carbocycles. The first-order valence-corrected chi connectivity index (χ1v) is 21.0. The molecule has 17 nitrogen and oxygen atoms in total. The summed E-state index contributed by atoms with van der Waals surface area (Å²) in [6.45, 7) is 4.05. The van der Waals surface area contributed by atoms with Gasteiger partial charge in [0.15, 0.2) is 0 Å². The van der Waals surface area contributed by atoms with E-state index in [4.69, 9.17) is 38.4 Å². The maximum atomic E-state index is 13.5. The number of methoxy groups -OCH3 is 3. The predicted molar refractivity (Wildman–Crippen MR) is 232 cm³/mol. The molecule has 3 aromatic carbocycles. The third kappa shape index (κ3) is 10.2. The van der Waals surface area contributed by atoms with E-state index in [1.165, 1.54) is 38.4 Å². The lowest BCUT2D eigenvalue weighted by molar-refractivity contribution is -0.384.